The quantitative estimate of drug-likeness (QED) is 0.750. The SMILES string of the molecule is C[C@H](Nc1ccc(OCc2ccco2)c(Cl)c1)C(=O)NC(N)=O. The van der Waals surface area contributed by atoms with Crippen molar-refractivity contribution in [3.05, 3.63) is 47.4 Å². The fourth-order valence-corrected chi connectivity index (χ4v) is 2.03. The van der Waals surface area contributed by atoms with Crippen LogP contribution in [0.2, 0.25) is 5.02 Å². The number of carbonyl (C=O) groups excluding carboxylic acids is 2. The molecule has 0 aliphatic rings. The molecule has 0 aliphatic heterocycles. The van der Waals surface area contributed by atoms with Gasteiger partial charge in [0, 0.05) is 5.69 Å². The predicted molar refractivity (Wildman–Crippen MR) is 85.3 cm³/mol. The van der Waals surface area contributed by atoms with E-state index in [0.29, 0.717) is 22.2 Å². The van der Waals surface area contributed by atoms with Crippen molar-refractivity contribution in [2.24, 2.45) is 5.73 Å². The number of anilines is 1. The Morgan fingerprint density at radius 2 is 2.17 bits per heavy atom. The second-order valence-corrected chi connectivity index (χ2v) is 5.14. The Morgan fingerprint density at radius 1 is 1.39 bits per heavy atom. The summed E-state index contributed by atoms with van der Waals surface area (Å²) in [5.41, 5.74) is 5.50. The lowest BCUT2D eigenvalue weighted by atomic mass is 10.2. The molecule has 23 heavy (non-hydrogen) atoms. The van der Waals surface area contributed by atoms with Crippen molar-refractivity contribution in [1.82, 2.24) is 5.32 Å². The molecule has 0 unspecified atom stereocenters. The zero-order chi connectivity index (χ0) is 16.8. The molecule has 2 aromatic rings. The van der Waals surface area contributed by atoms with Crippen LogP contribution in [-0.4, -0.2) is 18.0 Å². The molecule has 2 rings (SSSR count). The maximum absolute atomic E-state index is 11.6. The number of furan rings is 1. The van der Waals surface area contributed by atoms with Gasteiger partial charge in [-0.1, -0.05) is 11.6 Å². The van der Waals surface area contributed by atoms with Crippen LogP contribution in [0.4, 0.5) is 10.5 Å². The van der Waals surface area contributed by atoms with Crippen molar-refractivity contribution < 1.29 is 18.7 Å². The van der Waals surface area contributed by atoms with Crippen LogP contribution in [0, 0.1) is 0 Å². The van der Waals surface area contributed by atoms with Crippen LogP contribution in [-0.2, 0) is 11.4 Å². The van der Waals surface area contributed by atoms with E-state index in [4.69, 9.17) is 26.5 Å². The number of urea groups is 1. The first kappa shape index (κ1) is 16.7. The van der Waals surface area contributed by atoms with Crippen LogP contribution in [0.25, 0.3) is 0 Å². The van der Waals surface area contributed by atoms with Gasteiger partial charge >= 0.3 is 6.03 Å². The number of nitrogens with one attached hydrogen (secondary N) is 2. The molecule has 0 radical (unpaired) electrons. The van der Waals surface area contributed by atoms with Gasteiger partial charge < -0.3 is 20.2 Å². The number of nitrogens with two attached hydrogens (primary N) is 1. The topological polar surface area (TPSA) is 107 Å². The lowest BCUT2D eigenvalue weighted by Crippen LogP contribution is -2.43. The van der Waals surface area contributed by atoms with E-state index in [2.05, 4.69) is 5.32 Å². The van der Waals surface area contributed by atoms with Gasteiger partial charge in [0.25, 0.3) is 0 Å². The first-order valence-corrected chi connectivity index (χ1v) is 7.15. The summed E-state index contributed by atoms with van der Waals surface area (Å²) in [6.45, 7) is 1.85. The maximum Gasteiger partial charge on any atom is 0.318 e. The highest BCUT2D eigenvalue weighted by atomic mass is 35.5. The number of carbonyl (C=O) groups is 2. The van der Waals surface area contributed by atoms with Crippen LogP contribution >= 0.6 is 11.6 Å². The summed E-state index contributed by atoms with van der Waals surface area (Å²) >= 11 is 6.15. The molecule has 7 nitrogen and oxygen atoms in total. The first-order valence-electron chi connectivity index (χ1n) is 6.77. The van der Waals surface area contributed by atoms with Crippen LogP contribution in [0.1, 0.15) is 12.7 Å². The molecule has 4 N–H and O–H groups in total. The Balaban J connectivity index is 1.95. The second-order valence-electron chi connectivity index (χ2n) is 4.73. The summed E-state index contributed by atoms with van der Waals surface area (Å²) in [5, 5.41) is 5.28. The van der Waals surface area contributed by atoms with E-state index < -0.39 is 18.0 Å². The van der Waals surface area contributed by atoms with Gasteiger partial charge in [0.2, 0.25) is 5.91 Å². The minimum absolute atomic E-state index is 0.261. The molecule has 1 aromatic carbocycles. The Kier molecular flexibility index (Phi) is 5.48. The highest BCUT2D eigenvalue weighted by Gasteiger charge is 2.14. The Morgan fingerprint density at radius 3 is 2.78 bits per heavy atom. The third-order valence-corrected chi connectivity index (χ3v) is 3.20. The van der Waals surface area contributed by atoms with Gasteiger partial charge in [0.1, 0.15) is 24.2 Å². The molecular weight excluding hydrogens is 322 g/mol. The predicted octanol–water partition coefficient (Wildman–Crippen LogP) is 2.51. The number of benzene rings is 1. The first-order chi connectivity index (χ1) is 11.0. The van der Waals surface area contributed by atoms with Crippen LogP contribution in [0.5, 0.6) is 5.75 Å². The van der Waals surface area contributed by atoms with Crippen molar-refractivity contribution in [3.8, 4) is 5.75 Å². The maximum atomic E-state index is 11.6. The number of primary amides is 1. The standard InChI is InChI=1S/C15H16ClN3O4/c1-9(14(20)19-15(17)21)18-10-4-5-13(12(16)7-10)23-8-11-3-2-6-22-11/h2-7,9,18H,8H2,1H3,(H3,17,19,20,21)/t9-/m0/s1. The molecule has 122 valence electrons. The second kappa shape index (κ2) is 7.55. The van der Waals surface area contributed by atoms with E-state index in [-0.39, 0.29) is 6.61 Å². The van der Waals surface area contributed by atoms with E-state index in [1.165, 1.54) is 0 Å². The molecule has 1 heterocycles. The van der Waals surface area contributed by atoms with E-state index in [1.54, 1.807) is 43.5 Å². The summed E-state index contributed by atoms with van der Waals surface area (Å²) in [4.78, 5) is 22.3. The fraction of sp³-hybridized carbons (Fsp3) is 0.200. The smallest absolute Gasteiger partial charge is 0.318 e. The minimum atomic E-state index is -0.900. The van der Waals surface area contributed by atoms with Crippen molar-refractivity contribution in [1.29, 1.82) is 0 Å². The summed E-state index contributed by atoms with van der Waals surface area (Å²) in [5.74, 6) is 0.634. The Labute approximate surface area is 137 Å². The minimum Gasteiger partial charge on any atom is -0.484 e. The summed E-state index contributed by atoms with van der Waals surface area (Å²) < 4.78 is 10.7. The average molecular weight is 338 g/mol. The number of halogens is 1. The Hall–Kier alpha value is -2.67. The van der Waals surface area contributed by atoms with Crippen LogP contribution in [0.15, 0.2) is 41.0 Å². The Bertz CT molecular complexity index is 688. The van der Waals surface area contributed by atoms with E-state index in [1.807, 2.05) is 5.32 Å². The number of hydrogen-bond acceptors (Lipinski definition) is 5. The number of amides is 3. The number of hydrogen-bond donors (Lipinski definition) is 3. The van der Waals surface area contributed by atoms with Crippen molar-refractivity contribution in [2.75, 3.05) is 5.32 Å². The van der Waals surface area contributed by atoms with Gasteiger partial charge in [-0.15, -0.1) is 0 Å². The normalized spacial score (nSPS) is 11.6. The molecule has 1 atom stereocenters. The van der Waals surface area contributed by atoms with E-state index in [9.17, 15) is 9.59 Å². The monoisotopic (exact) mass is 337 g/mol. The van der Waals surface area contributed by atoms with E-state index >= 15 is 0 Å². The largest absolute Gasteiger partial charge is 0.484 e. The molecule has 3 amide bonds. The summed E-state index contributed by atoms with van der Waals surface area (Å²) in [6.07, 6.45) is 1.56. The molecule has 8 heteroatoms. The van der Waals surface area contributed by atoms with E-state index in [0.717, 1.165) is 0 Å². The van der Waals surface area contributed by atoms with Gasteiger partial charge in [-0.05, 0) is 37.3 Å². The van der Waals surface area contributed by atoms with Crippen LogP contribution < -0.4 is 21.1 Å². The van der Waals surface area contributed by atoms with Gasteiger partial charge in [0.05, 0.1) is 11.3 Å². The molecule has 0 saturated heterocycles. The molecule has 0 aliphatic carbocycles. The van der Waals surface area contributed by atoms with Crippen molar-refractivity contribution in [3.63, 3.8) is 0 Å². The number of rotatable bonds is 6. The zero-order valence-corrected chi connectivity index (χ0v) is 13.1. The zero-order valence-electron chi connectivity index (χ0n) is 12.3. The molecule has 0 fully saturated rings. The van der Waals surface area contributed by atoms with Gasteiger partial charge in [-0.25, -0.2) is 4.79 Å². The van der Waals surface area contributed by atoms with Gasteiger partial charge in [-0.3, -0.25) is 10.1 Å². The van der Waals surface area contributed by atoms with Gasteiger partial charge in [0.15, 0.2) is 0 Å². The molecule has 0 bridgehead atoms. The third-order valence-electron chi connectivity index (χ3n) is 2.90. The highest BCUT2D eigenvalue weighted by molar-refractivity contribution is 6.32. The third kappa shape index (κ3) is 4.93. The molecule has 1 aromatic heterocycles. The molecular formula is C15H16ClN3O4. The van der Waals surface area contributed by atoms with Crippen molar-refractivity contribution in [2.45, 2.75) is 19.6 Å². The van der Waals surface area contributed by atoms with Gasteiger partial charge in [-0.2, -0.15) is 0 Å². The number of ether oxygens (including phenoxy) is 1. The average Bonchev–Trinajstić information content (AvgIpc) is 2.99. The highest BCUT2D eigenvalue weighted by Crippen LogP contribution is 2.28. The van der Waals surface area contributed by atoms with Crippen molar-refractivity contribution >= 4 is 29.2 Å². The lowest BCUT2D eigenvalue weighted by Gasteiger charge is -2.15. The molecule has 0 saturated carbocycles. The molecule has 0 spiro atoms. The summed E-state index contributed by atoms with van der Waals surface area (Å²) in [6, 6.07) is 7.00. The fourth-order valence-electron chi connectivity index (χ4n) is 1.80. The number of imide groups is 1. The summed E-state index contributed by atoms with van der Waals surface area (Å²) in [7, 11) is 0. The van der Waals surface area contributed by atoms with Crippen LogP contribution in [0.3, 0.4) is 0 Å². The lowest BCUT2D eigenvalue weighted by molar-refractivity contribution is -0.120.